The number of nitrogens with one attached hydrogen (secondary N) is 8. The Kier molecular flexibility index (Phi) is 28.5. The van der Waals surface area contributed by atoms with Gasteiger partial charge in [0.05, 0.1) is 19.3 Å². The van der Waals surface area contributed by atoms with Crippen LogP contribution < -0.4 is 54.0 Å². The maximum Gasteiger partial charge on any atom is 0.326 e. The number of carboxylic acids is 1. The molecule has 0 unspecified atom stereocenters. The van der Waals surface area contributed by atoms with Crippen molar-refractivity contribution < 1.29 is 88.2 Å². The summed E-state index contributed by atoms with van der Waals surface area (Å²) >= 11 is 8.23. The minimum atomic E-state index is -1.78. The van der Waals surface area contributed by atoms with E-state index >= 15 is 0 Å². The number of hydrogen-bond donors (Lipinski definition) is 18. The van der Waals surface area contributed by atoms with Crippen molar-refractivity contribution in [3.05, 3.63) is 59.7 Å². The second-order valence-electron chi connectivity index (χ2n) is 21.3. The van der Waals surface area contributed by atoms with Gasteiger partial charge in [0.15, 0.2) is 0 Å². The molecule has 0 bridgehead atoms. The standard InChI is InChI=1S/C55H80N12O18S2/c1-4-27(2)43(64-48(77)37(24-69)61-47(76)35(21-29-9-13-31(71)14-10-29)59-52(81)44(28(3)70)65-50(79)39(26-87)62-45(74)33(56)23-68)54(83)67-20-6-8-41(67)53(82)66-19-5-7-40(66)51(80)58-34(17-18-42(57)73)46(75)63-38(25-86)49(78)60-36(55(84)85)22-30-11-15-32(72)16-12-30/h9-16,27-28,33-41,43-44,68-72,86-87H,4-8,17-26,56H2,1-3H3,(H2,57,73)(H,58,80)(H,59,81)(H,60,78)(H,61,76)(H,62,74)(H,63,75)(H,64,77)(H,65,79)(H,84,85)/t27-,28+,33-,34-,35-,36-,37-,38-,39-,40-,41-,43-,44-/m0/s1. The van der Waals surface area contributed by atoms with Gasteiger partial charge in [-0.2, -0.15) is 25.3 Å². The van der Waals surface area contributed by atoms with Crippen molar-refractivity contribution in [2.45, 2.75) is 151 Å². The van der Waals surface area contributed by atoms with Gasteiger partial charge >= 0.3 is 5.97 Å². The average molecular weight is 1260 g/mol. The molecule has 2 heterocycles. The number of carbonyl (C=O) groups is 12. The van der Waals surface area contributed by atoms with Gasteiger partial charge in [0.2, 0.25) is 65.0 Å². The number of carbonyl (C=O) groups excluding carboxylic acids is 11. The fourth-order valence-corrected chi connectivity index (χ4v) is 10.1. The van der Waals surface area contributed by atoms with E-state index in [0.717, 1.165) is 6.92 Å². The zero-order valence-corrected chi connectivity index (χ0v) is 50.0. The van der Waals surface area contributed by atoms with Crippen molar-refractivity contribution in [3.63, 3.8) is 0 Å². The lowest BCUT2D eigenvalue weighted by Crippen LogP contribution is -2.63. The van der Waals surface area contributed by atoms with E-state index in [-0.39, 0.29) is 68.2 Å². The summed E-state index contributed by atoms with van der Waals surface area (Å²) in [4.78, 5) is 165. The van der Waals surface area contributed by atoms with Crippen LogP contribution in [0.3, 0.4) is 0 Å². The molecule has 0 saturated carbocycles. The first-order chi connectivity index (χ1) is 41.2. The van der Waals surface area contributed by atoms with E-state index in [1.807, 2.05) is 0 Å². The molecule has 2 fully saturated rings. The number of nitrogens with two attached hydrogens (primary N) is 2. The molecular formula is C55H80N12O18S2. The summed E-state index contributed by atoms with van der Waals surface area (Å²) in [6.45, 7) is 2.81. The van der Waals surface area contributed by atoms with E-state index < -0.39 is 169 Å². The Hall–Kier alpha value is -7.78. The Labute approximate surface area is 512 Å². The first-order valence-corrected chi connectivity index (χ1v) is 29.4. The molecule has 87 heavy (non-hydrogen) atoms. The van der Waals surface area contributed by atoms with E-state index in [4.69, 9.17) is 11.5 Å². The highest BCUT2D eigenvalue weighted by atomic mass is 32.1. The third kappa shape index (κ3) is 21.0. The molecule has 2 aliphatic rings. The summed E-state index contributed by atoms with van der Waals surface area (Å²) in [6.07, 6.45) is -1.71. The van der Waals surface area contributed by atoms with Crippen LogP contribution in [0.4, 0.5) is 0 Å². The number of hydrogen-bond acceptors (Lipinski definition) is 20. The maximum absolute atomic E-state index is 14.7. The predicted molar refractivity (Wildman–Crippen MR) is 316 cm³/mol. The predicted octanol–water partition coefficient (Wildman–Crippen LogP) is -5.31. The second kappa shape index (κ2) is 34.5. The molecule has 2 aromatic rings. The summed E-state index contributed by atoms with van der Waals surface area (Å²) in [7, 11) is 0. The summed E-state index contributed by atoms with van der Waals surface area (Å²) in [5.41, 5.74) is 11.8. The van der Waals surface area contributed by atoms with Gasteiger partial charge in [-0.25, -0.2) is 4.79 Å². The van der Waals surface area contributed by atoms with E-state index in [9.17, 15) is 88.2 Å². The number of rotatable bonds is 33. The van der Waals surface area contributed by atoms with Gasteiger partial charge in [0.1, 0.15) is 78.0 Å². The molecule has 2 saturated heterocycles. The molecule has 0 spiro atoms. The Morgan fingerprint density at radius 3 is 1.53 bits per heavy atom. The van der Waals surface area contributed by atoms with Crippen LogP contribution in [-0.2, 0) is 70.4 Å². The van der Waals surface area contributed by atoms with Gasteiger partial charge in [0.25, 0.3) is 0 Å². The minimum absolute atomic E-state index is 0.0382. The van der Waals surface area contributed by atoms with Crippen LogP contribution in [0.2, 0.25) is 0 Å². The van der Waals surface area contributed by atoms with Crippen molar-refractivity contribution in [1.82, 2.24) is 52.3 Å². The Balaban J connectivity index is 1.49. The lowest BCUT2D eigenvalue weighted by molar-refractivity contribution is -0.149. The molecule has 0 radical (unpaired) electrons. The molecule has 18 N–H and O–H groups in total. The second-order valence-corrected chi connectivity index (χ2v) is 22.0. The number of primary amides is 1. The highest BCUT2D eigenvalue weighted by Gasteiger charge is 2.45. The Morgan fingerprint density at radius 2 is 1.02 bits per heavy atom. The van der Waals surface area contributed by atoms with Crippen LogP contribution in [0.25, 0.3) is 0 Å². The molecule has 480 valence electrons. The number of aliphatic hydroxyl groups is 3. The number of aromatic hydroxyl groups is 2. The van der Waals surface area contributed by atoms with Gasteiger partial charge in [-0.3, -0.25) is 52.7 Å². The van der Waals surface area contributed by atoms with E-state index in [1.54, 1.807) is 13.8 Å². The van der Waals surface area contributed by atoms with Gasteiger partial charge in [-0.05, 0) is 80.3 Å². The van der Waals surface area contributed by atoms with Gasteiger partial charge in [-0.15, -0.1) is 0 Å². The number of thiol groups is 2. The number of amides is 11. The number of aliphatic carboxylic acids is 1. The molecule has 2 aromatic carbocycles. The number of aliphatic hydroxyl groups excluding tert-OH is 3. The highest BCUT2D eigenvalue weighted by molar-refractivity contribution is 7.80. The van der Waals surface area contributed by atoms with Gasteiger partial charge in [0, 0.05) is 43.9 Å². The number of nitrogens with zero attached hydrogens (tertiary/aromatic N) is 2. The lowest BCUT2D eigenvalue weighted by atomic mass is 9.96. The minimum Gasteiger partial charge on any atom is -0.508 e. The van der Waals surface area contributed by atoms with Gasteiger partial charge in [-0.1, -0.05) is 44.5 Å². The third-order valence-electron chi connectivity index (χ3n) is 14.8. The number of phenols is 2. The highest BCUT2D eigenvalue weighted by Crippen LogP contribution is 2.27. The third-order valence-corrected chi connectivity index (χ3v) is 15.5. The fourth-order valence-electron chi connectivity index (χ4n) is 9.55. The Bertz CT molecular complexity index is 2770. The zero-order chi connectivity index (χ0) is 64.8. The van der Waals surface area contributed by atoms with Crippen LogP contribution in [0, 0.1) is 5.92 Å². The molecular weight excluding hydrogens is 1180 g/mol. The summed E-state index contributed by atoms with van der Waals surface area (Å²) in [6, 6.07) is -5.08. The van der Waals surface area contributed by atoms with Crippen molar-refractivity contribution in [3.8, 4) is 11.5 Å². The number of likely N-dealkylation sites (tertiary alicyclic amines) is 2. The smallest absolute Gasteiger partial charge is 0.326 e. The van der Waals surface area contributed by atoms with E-state index in [2.05, 4.69) is 67.8 Å². The first-order valence-electron chi connectivity index (χ1n) is 28.2. The largest absolute Gasteiger partial charge is 0.508 e. The summed E-state index contributed by atoms with van der Waals surface area (Å²) in [5, 5.41) is 79.1. The van der Waals surface area contributed by atoms with Crippen LogP contribution in [0.5, 0.6) is 11.5 Å². The number of phenolic OH excluding ortho intramolecular Hbond substituents is 2. The van der Waals surface area contributed by atoms with Crippen molar-refractivity contribution in [2.24, 2.45) is 17.4 Å². The van der Waals surface area contributed by atoms with Crippen molar-refractivity contribution in [1.29, 1.82) is 0 Å². The first kappa shape index (κ1) is 71.7. The van der Waals surface area contributed by atoms with Crippen LogP contribution in [-0.4, -0.2) is 222 Å². The quantitative estimate of drug-likeness (QED) is 0.0297. The molecule has 4 rings (SSSR count). The zero-order valence-electron chi connectivity index (χ0n) is 48.3. The monoisotopic (exact) mass is 1260 g/mol. The SMILES string of the molecule is CC[C@H](C)[C@H](NC(=O)[C@H](CO)NC(=O)[C@H](Cc1ccc(O)cc1)NC(=O)[C@@H](NC(=O)[C@H](CS)NC(=O)[C@@H](N)CO)[C@@H](C)O)C(=O)N1CCC[C@H]1C(=O)N1CCC[C@H]1C(=O)N[C@@H](CCC(N)=O)C(=O)N[C@@H](CS)C(=O)N[C@@H](Cc1ccc(O)cc1)C(=O)O. The fraction of sp³-hybridized carbons (Fsp3) is 0.564. The summed E-state index contributed by atoms with van der Waals surface area (Å²) in [5.74, 6) is -12.9. The van der Waals surface area contributed by atoms with E-state index in [1.165, 1.54) is 58.3 Å². The molecule has 30 nitrogen and oxygen atoms in total. The average Bonchev–Trinajstić information content (AvgIpc) is 3.16. The van der Waals surface area contributed by atoms with Crippen LogP contribution in [0.15, 0.2) is 48.5 Å². The topological polar surface area (TPSA) is 481 Å². The van der Waals surface area contributed by atoms with Crippen molar-refractivity contribution in [2.75, 3.05) is 37.8 Å². The number of carboxylic acid groups (broad SMARTS) is 1. The molecule has 13 atom stereocenters. The van der Waals surface area contributed by atoms with Crippen molar-refractivity contribution >= 4 is 96.2 Å². The molecule has 32 heteroatoms. The molecule has 0 aromatic heterocycles. The van der Waals surface area contributed by atoms with Crippen LogP contribution in [0.1, 0.15) is 76.8 Å². The summed E-state index contributed by atoms with van der Waals surface area (Å²) < 4.78 is 0. The Morgan fingerprint density at radius 1 is 0.575 bits per heavy atom. The van der Waals surface area contributed by atoms with Gasteiger partial charge < -0.3 is 94.4 Å². The molecule has 2 aliphatic heterocycles. The molecule has 11 amide bonds. The maximum atomic E-state index is 14.7. The number of benzene rings is 2. The van der Waals surface area contributed by atoms with E-state index in [0.29, 0.717) is 30.4 Å². The lowest BCUT2D eigenvalue weighted by Gasteiger charge is -2.35. The molecule has 0 aliphatic carbocycles. The normalized spacial score (nSPS) is 18.5. The van der Waals surface area contributed by atoms with Crippen LogP contribution >= 0.6 is 25.3 Å².